The van der Waals surface area contributed by atoms with Gasteiger partial charge < -0.3 is 9.63 Å². The molecule has 0 fully saturated rings. The number of aliphatic hydroxyl groups is 1. The summed E-state index contributed by atoms with van der Waals surface area (Å²) in [4.78, 5) is 0. The van der Waals surface area contributed by atoms with Crippen molar-refractivity contribution in [1.82, 2.24) is 5.16 Å². The molecule has 0 saturated heterocycles. The second-order valence-corrected chi connectivity index (χ2v) is 6.60. The molecule has 0 saturated carbocycles. The predicted octanol–water partition coefficient (Wildman–Crippen LogP) is 5.56. The van der Waals surface area contributed by atoms with Gasteiger partial charge >= 0.3 is 0 Å². The maximum atomic E-state index is 14.3. The molecule has 3 nitrogen and oxygen atoms in total. The molecule has 4 rings (SSSR count). The van der Waals surface area contributed by atoms with Gasteiger partial charge in [-0.05, 0) is 35.0 Å². The van der Waals surface area contributed by atoms with Crippen molar-refractivity contribution < 1.29 is 14.0 Å². The van der Waals surface area contributed by atoms with Crippen molar-refractivity contribution in [2.75, 3.05) is 0 Å². The largest absolute Gasteiger partial charge is 0.391 e. The van der Waals surface area contributed by atoms with E-state index in [1.807, 2.05) is 42.5 Å². The van der Waals surface area contributed by atoms with Gasteiger partial charge in [0.2, 0.25) is 0 Å². The highest BCUT2D eigenvalue weighted by Gasteiger charge is 2.21. The first-order chi connectivity index (χ1) is 12.2. The summed E-state index contributed by atoms with van der Waals surface area (Å²) in [7, 11) is 0. The van der Waals surface area contributed by atoms with Gasteiger partial charge in [0.05, 0.1) is 17.7 Å². The number of hydrogen-bond donors (Lipinski definition) is 1. The SMILES string of the molecule is OCc1c(-c2ccc3ccccc3c2)noc1-c1ccc(Br)cc1F. The molecule has 1 N–H and O–H groups in total. The molecule has 0 bridgehead atoms. The molecular weight excluding hydrogens is 385 g/mol. The summed E-state index contributed by atoms with van der Waals surface area (Å²) in [6.07, 6.45) is 0. The number of rotatable bonds is 3. The Balaban J connectivity index is 1.87. The third-order valence-electron chi connectivity index (χ3n) is 4.14. The minimum Gasteiger partial charge on any atom is -0.391 e. The lowest BCUT2D eigenvalue weighted by molar-refractivity contribution is 0.281. The first-order valence-corrected chi connectivity index (χ1v) is 8.50. The zero-order valence-electron chi connectivity index (χ0n) is 13.0. The lowest BCUT2D eigenvalue weighted by Crippen LogP contribution is -1.91. The zero-order valence-corrected chi connectivity index (χ0v) is 14.6. The highest BCUT2D eigenvalue weighted by molar-refractivity contribution is 9.10. The average Bonchev–Trinajstić information content (AvgIpc) is 3.05. The molecule has 0 atom stereocenters. The summed E-state index contributed by atoms with van der Waals surface area (Å²) >= 11 is 3.23. The van der Waals surface area contributed by atoms with Gasteiger partial charge in [-0.25, -0.2) is 4.39 Å². The Morgan fingerprint density at radius 1 is 1.00 bits per heavy atom. The number of benzene rings is 3. The summed E-state index contributed by atoms with van der Waals surface area (Å²) in [5.41, 5.74) is 2.07. The minimum atomic E-state index is -0.440. The van der Waals surface area contributed by atoms with Crippen molar-refractivity contribution in [2.24, 2.45) is 0 Å². The summed E-state index contributed by atoms with van der Waals surface area (Å²) in [6.45, 7) is -0.295. The molecule has 5 heteroatoms. The van der Waals surface area contributed by atoms with Gasteiger partial charge in [-0.2, -0.15) is 0 Å². The molecular formula is C20H13BrFNO2. The van der Waals surface area contributed by atoms with E-state index in [4.69, 9.17) is 4.52 Å². The fraction of sp³-hybridized carbons (Fsp3) is 0.0500. The van der Waals surface area contributed by atoms with Crippen LogP contribution in [-0.2, 0) is 6.61 Å². The number of halogens is 2. The Morgan fingerprint density at radius 3 is 2.56 bits per heavy atom. The van der Waals surface area contributed by atoms with Gasteiger partial charge in [-0.3, -0.25) is 0 Å². The quantitative estimate of drug-likeness (QED) is 0.492. The van der Waals surface area contributed by atoms with Crippen LogP contribution in [-0.4, -0.2) is 10.3 Å². The molecule has 0 aliphatic carbocycles. The summed E-state index contributed by atoms with van der Waals surface area (Å²) < 4.78 is 20.3. The molecule has 0 aliphatic heterocycles. The van der Waals surface area contributed by atoms with Gasteiger partial charge in [-0.15, -0.1) is 0 Å². The topological polar surface area (TPSA) is 46.3 Å². The van der Waals surface area contributed by atoms with Gasteiger partial charge in [0.15, 0.2) is 5.76 Å². The molecule has 0 amide bonds. The molecule has 1 heterocycles. The summed E-state index contributed by atoms with van der Waals surface area (Å²) in [5, 5.41) is 16.1. The van der Waals surface area contributed by atoms with E-state index in [0.717, 1.165) is 16.3 Å². The van der Waals surface area contributed by atoms with Crippen LogP contribution in [0.5, 0.6) is 0 Å². The maximum Gasteiger partial charge on any atom is 0.175 e. The molecule has 3 aromatic carbocycles. The highest BCUT2D eigenvalue weighted by atomic mass is 79.9. The summed E-state index contributed by atoms with van der Waals surface area (Å²) in [5.74, 6) is -0.194. The van der Waals surface area contributed by atoms with Crippen LogP contribution in [0.3, 0.4) is 0 Å². The van der Waals surface area contributed by atoms with Crippen LogP contribution >= 0.6 is 15.9 Å². The van der Waals surface area contributed by atoms with Crippen LogP contribution in [0, 0.1) is 5.82 Å². The fourth-order valence-electron chi connectivity index (χ4n) is 2.90. The van der Waals surface area contributed by atoms with Crippen molar-refractivity contribution in [2.45, 2.75) is 6.61 Å². The number of nitrogens with zero attached hydrogens (tertiary/aromatic N) is 1. The normalized spacial score (nSPS) is 11.2. The van der Waals surface area contributed by atoms with Crippen LogP contribution in [0.15, 0.2) is 69.7 Å². The van der Waals surface area contributed by atoms with Crippen LogP contribution in [0.4, 0.5) is 4.39 Å². The van der Waals surface area contributed by atoms with Gasteiger partial charge in [0.25, 0.3) is 0 Å². The van der Waals surface area contributed by atoms with Crippen LogP contribution in [0.2, 0.25) is 0 Å². The Labute approximate surface area is 151 Å². The van der Waals surface area contributed by atoms with Crippen molar-refractivity contribution in [3.05, 3.63) is 76.5 Å². The Kier molecular flexibility index (Phi) is 4.11. The monoisotopic (exact) mass is 397 g/mol. The van der Waals surface area contributed by atoms with Crippen molar-refractivity contribution in [1.29, 1.82) is 0 Å². The Hall–Kier alpha value is -2.50. The van der Waals surface area contributed by atoms with Crippen LogP contribution < -0.4 is 0 Å². The number of aliphatic hydroxyl groups excluding tert-OH is 1. The van der Waals surface area contributed by atoms with Crippen molar-refractivity contribution in [3.63, 3.8) is 0 Å². The lowest BCUT2D eigenvalue weighted by Gasteiger charge is -2.04. The van der Waals surface area contributed by atoms with E-state index in [0.29, 0.717) is 15.7 Å². The zero-order chi connectivity index (χ0) is 17.4. The van der Waals surface area contributed by atoms with E-state index in [1.165, 1.54) is 6.07 Å². The first-order valence-electron chi connectivity index (χ1n) is 7.71. The molecule has 0 aliphatic rings. The number of fused-ring (bicyclic) bond motifs is 1. The first kappa shape index (κ1) is 16.0. The van der Waals surface area contributed by atoms with Gasteiger partial charge in [-0.1, -0.05) is 57.5 Å². The molecule has 124 valence electrons. The van der Waals surface area contributed by atoms with Gasteiger partial charge in [0, 0.05) is 10.0 Å². The van der Waals surface area contributed by atoms with Gasteiger partial charge in [0.1, 0.15) is 11.5 Å². The number of hydrogen-bond acceptors (Lipinski definition) is 3. The highest BCUT2D eigenvalue weighted by Crippen LogP contribution is 2.35. The van der Waals surface area contributed by atoms with E-state index in [9.17, 15) is 9.50 Å². The molecule has 4 aromatic rings. The Morgan fingerprint density at radius 2 is 1.80 bits per heavy atom. The molecule has 25 heavy (non-hydrogen) atoms. The second-order valence-electron chi connectivity index (χ2n) is 5.68. The van der Waals surface area contributed by atoms with E-state index < -0.39 is 5.82 Å². The molecule has 0 unspecified atom stereocenters. The van der Waals surface area contributed by atoms with Crippen molar-refractivity contribution >= 4 is 26.7 Å². The third kappa shape index (κ3) is 2.86. The summed E-state index contributed by atoms with van der Waals surface area (Å²) in [6, 6.07) is 18.5. The van der Waals surface area contributed by atoms with Crippen LogP contribution in [0.1, 0.15) is 5.56 Å². The van der Waals surface area contributed by atoms with Crippen molar-refractivity contribution in [3.8, 4) is 22.6 Å². The second kappa shape index (κ2) is 6.43. The van der Waals surface area contributed by atoms with E-state index >= 15 is 0 Å². The predicted molar refractivity (Wildman–Crippen MR) is 98.5 cm³/mol. The van der Waals surface area contributed by atoms with E-state index in [-0.39, 0.29) is 17.9 Å². The van der Waals surface area contributed by atoms with Crippen LogP contribution in [0.25, 0.3) is 33.4 Å². The van der Waals surface area contributed by atoms with E-state index in [1.54, 1.807) is 12.1 Å². The maximum absolute atomic E-state index is 14.3. The smallest absolute Gasteiger partial charge is 0.175 e. The Bertz CT molecular complexity index is 1070. The molecule has 0 spiro atoms. The third-order valence-corrected chi connectivity index (χ3v) is 4.64. The standard InChI is InChI=1S/C20H13BrFNO2/c21-15-7-8-16(18(22)10-15)20-17(11-24)19(23-25-20)14-6-5-12-3-1-2-4-13(12)9-14/h1-10,24H,11H2. The average molecular weight is 398 g/mol. The van der Waals surface area contributed by atoms with E-state index in [2.05, 4.69) is 21.1 Å². The molecule has 1 aromatic heterocycles. The lowest BCUT2D eigenvalue weighted by atomic mass is 10.00. The number of aromatic nitrogens is 1. The minimum absolute atomic E-state index is 0.246. The molecule has 0 radical (unpaired) electrons. The fourth-order valence-corrected chi connectivity index (χ4v) is 3.24.